The van der Waals surface area contributed by atoms with Gasteiger partial charge in [0.1, 0.15) is 5.75 Å². The molecule has 3 aromatic carbocycles. The molecule has 31 heavy (non-hydrogen) atoms. The zero-order valence-corrected chi connectivity index (χ0v) is 18.2. The minimum absolute atomic E-state index is 0.134. The molecule has 0 aromatic heterocycles. The Balaban J connectivity index is 1.97. The average Bonchev–Trinajstić information content (AvgIpc) is 2.75. The van der Waals surface area contributed by atoms with Gasteiger partial charge in [-0.1, -0.05) is 53.5 Å². The molecule has 0 saturated heterocycles. The lowest BCUT2D eigenvalue weighted by molar-refractivity contribution is -0.114. The number of methoxy groups -OCH3 is 1. The maximum Gasteiger partial charge on any atom is 0.259 e. The molecule has 0 aliphatic carbocycles. The van der Waals surface area contributed by atoms with Crippen LogP contribution in [0.25, 0.3) is 0 Å². The first kappa shape index (κ1) is 22.3. The molecule has 6 nitrogen and oxygen atoms in total. The first-order valence-electron chi connectivity index (χ1n) is 9.16. The molecule has 0 heterocycles. The van der Waals surface area contributed by atoms with E-state index in [2.05, 4.69) is 10.6 Å². The second-order valence-corrected chi connectivity index (χ2v) is 7.40. The van der Waals surface area contributed by atoms with Crippen LogP contribution in [-0.2, 0) is 4.79 Å². The predicted octanol–water partition coefficient (Wildman–Crippen LogP) is 5.44. The Morgan fingerprint density at radius 3 is 2.19 bits per heavy atom. The summed E-state index contributed by atoms with van der Waals surface area (Å²) in [6.07, 6.45) is 0. The molecule has 0 aliphatic heterocycles. The van der Waals surface area contributed by atoms with Crippen LogP contribution in [0.3, 0.4) is 0 Å². The second kappa shape index (κ2) is 9.64. The highest BCUT2D eigenvalue weighted by Gasteiger charge is 2.20. The van der Waals surface area contributed by atoms with E-state index in [-0.39, 0.29) is 39.3 Å². The molecule has 0 fully saturated rings. The highest BCUT2D eigenvalue weighted by atomic mass is 35.5. The summed E-state index contributed by atoms with van der Waals surface area (Å²) in [6.45, 7) is 1.34. The van der Waals surface area contributed by atoms with Crippen molar-refractivity contribution < 1.29 is 19.1 Å². The third-order valence-electron chi connectivity index (χ3n) is 4.35. The van der Waals surface area contributed by atoms with Crippen molar-refractivity contribution in [3.8, 4) is 5.75 Å². The number of carbonyl (C=O) groups excluding carboxylic acids is 3. The third kappa shape index (κ3) is 5.23. The van der Waals surface area contributed by atoms with Gasteiger partial charge in [-0.2, -0.15) is 0 Å². The van der Waals surface area contributed by atoms with Crippen molar-refractivity contribution >= 4 is 52.2 Å². The van der Waals surface area contributed by atoms with Crippen LogP contribution < -0.4 is 15.4 Å². The lowest BCUT2D eigenvalue weighted by Crippen LogP contribution is -2.17. The zero-order chi connectivity index (χ0) is 22.5. The van der Waals surface area contributed by atoms with Crippen molar-refractivity contribution in [2.75, 3.05) is 17.7 Å². The first-order valence-corrected chi connectivity index (χ1v) is 9.91. The molecule has 158 valence electrons. The van der Waals surface area contributed by atoms with Crippen LogP contribution in [0.15, 0.2) is 60.7 Å². The van der Waals surface area contributed by atoms with E-state index in [1.165, 1.54) is 32.2 Å². The van der Waals surface area contributed by atoms with Crippen LogP contribution >= 0.6 is 23.2 Å². The summed E-state index contributed by atoms with van der Waals surface area (Å²) >= 11 is 12.3. The molecule has 0 radical (unpaired) electrons. The van der Waals surface area contributed by atoms with Crippen molar-refractivity contribution in [3.05, 3.63) is 87.4 Å². The lowest BCUT2D eigenvalue weighted by atomic mass is 10.0. The van der Waals surface area contributed by atoms with Gasteiger partial charge in [0.15, 0.2) is 5.78 Å². The number of amides is 2. The fourth-order valence-corrected chi connectivity index (χ4v) is 3.32. The normalized spacial score (nSPS) is 10.3. The van der Waals surface area contributed by atoms with Crippen LogP contribution in [0.2, 0.25) is 10.0 Å². The molecule has 0 atom stereocenters. The number of hydrogen-bond donors (Lipinski definition) is 2. The van der Waals surface area contributed by atoms with Gasteiger partial charge < -0.3 is 15.4 Å². The van der Waals surface area contributed by atoms with E-state index in [9.17, 15) is 14.4 Å². The van der Waals surface area contributed by atoms with Crippen LogP contribution in [0.1, 0.15) is 33.2 Å². The highest BCUT2D eigenvalue weighted by Crippen LogP contribution is 2.32. The number of ketones is 1. The molecule has 0 unspecified atom stereocenters. The minimum Gasteiger partial charge on any atom is -0.496 e. The summed E-state index contributed by atoms with van der Waals surface area (Å²) in [5, 5.41) is 5.82. The first-order chi connectivity index (χ1) is 14.8. The molecule has 3 aromatic rings. The fraction of sp³-hybridized carbons (Fsp3) is 0.0870. The van der Waals surface area contributed by atoms with Gasteiger partial charge in [-0.05, 0) is 24.3 Å². The number of anilines is 2. The number of hydrogen-bond acceptors (Lipinski definition) is 4. The van der Waals surface area contributed by atoms with Gasteiger partial charge in [0.25, 0.3) is 5.91 Å². The Hall–Kier alpha value is -3.35. The van der Waals surface area contributed by atoms with Crippen molar-refractivity contribution in [2.45, 2.75) is 6.92 Å². The van der Waals surface area contributed by atoms with E-state index >= 15 is 0 Å². The van der Waals surface area contributed by atoms with Gasteiger partial charge in [0.05, 0.1) is 29.1 Å². The van der Waals surface area contributed by atoms with Crippen molar-refractivity contribution in [3.63, 3.8) is 0 Å². The zero-order valence-electron chi connectivity index (χ0n) is 16.7. The Bertz CT molecular complexity index is 1160. The molecule has 0 saturated carbocycles. The summed E-state index contributed by atoms with van der Waals surface area (Å²) in [5.74, 6) is -0.941. The molecule has 2 amide bonds. The smallest absolute Gasteiger partial charge is 0.259 e. The van der Waals surface area contributed by atoms with Gasteiger partial charge in [0, 0.05) is 29.1 Å². The molecule has 8 heteroatoms. The summed E-state index contributed by atoms with van der Waals surface area (Å²) in [7, 11) is 1.39. The van der Waals surface area contributed by atoms with Crippen LogP contribution in [0, 0.1) is 0 Å². The lowest BCUT2D eigenvalue weighted by Gasteiger charge is -2.15. The van der Waals surface area contributed by atoms with Crippen molar-refractivity contribution in [1.82, 2.24) is 0 Å². The molecule has 0 bridgehead atoms. The van der Waals surface area contributed by atoms with Gasteiger partial charge >= 0.3 is 0 Å². The number of carbonyl (C=O) groups is 3. The SMILES string of the molecule is COc1cc(NC(C)=O)c(Cl)cc1C(=O)Nc1ccc(Cl)cc1C(=O)c1ccccc1. The van der Waals surface area contributed by atoms with Crippen LogP contribution in [0.5, 0.6) is 5.75 Å². The Labute approximate surface area is 189 Å². The van der Waals surface area contributed by atoms with Crippen LogP contribution in [0.4, 0.5) is 11.4 Å². The maximum absolute atomic E-state index is 13.0. The van der Waals surface area contributed by atoms with Gasteiger partial charge in [0.2, 0.25) is 5.91 Å². The monoisotopic (exact) mass is 456 g/mol. The topological polar surface area (TPSA) is 84.5 Å². The predicted molar refractivity (Wildman–Crippen MR) is 122 cm³/mol. The number of ether oxygens (including phenoxy) is 1. The number of halogens is 2. The van der Waals surface area contributed by atoms with Gasteiger partial charge in [-0.25, -0.2) is 0 Å². The van der Waals surface area contributed by atoms with Gasteiger partial charge in [-0.3, -0.25) is 14.4 Å². The molecule has 3 rings (SSSR count). The summed E-state index contributed by atoms with van der Waals surface area (Å²) in [4.78, 5) is 37.3. The largest absolute Gasteiger partial charge is 0.496 e. The van der Waals surface area contributed by atoms with Crippen molar-refractivity contribution in [1.29, 1.82) is 0 Å². The standard InChI is InChI=1S/C23H18Cl2N2O4/c1-13(28)26-20-12-21(31-2)17(11-18(20)25)23(30)27-19-9-8-15(24)10-16(19)22(29)14-6-4-3-5-7-14/h3-12H,1-2H3,(H,26,28)(H,27,30). The minimum atomic E-state index is -0.544. The third-order valence-corrected chi connectivity index (χ3v) is 4.90. The fourth-order valence-electron chi connectivity index (χ4n) is 2.93. The molecule has 0 spiro atoms. The number of benzene rings is 3. The second-order valence-electron chi connectivity index (χ2n) is 6.55. The maximum atomic E-state index is 13.0. The molecule has 2 N–H and O–H groups in total. The van der Waals surface area contributed by atoms with E-state index in [0.717, 1.165) is 0 Å². The van der Waals surface area contributed by atoms with Gasteiger partial charge in [-0.15, -0.1) is 0 Å². The Morgan fingerprint density at radius 1 is 0.839 bits per heavy atom. The molecular formula is C23H18Cl2N2O4. The van der Waals surface area contributed by atoms with Crippen molar-refractivity contribution in [2.24, 2.45) is 0 Å². The average molecular weight is 457 g/mol. The quantitative estimate of drug-likeness (QED) is 0.483. The van der Waals surface area contributed by atoms with E-state index in [0.29, 0.717) is 16.3 Å². The van der Waals surface area contributed by atoms with E-state index in [1.54, 1.807) is 42.5 Å². The van der Waals surface area contributed by atoms with E-state index < -0.39 is 5.91 Å². The van der Waals surface area contributed by atoms with E-state index in [1.807, 2.05) is 0 Å². The summed E-state index contributed by atoms with van der Waals surface area (Å²) in [5.41, 5.74) is 1.43. The highest BCUT2D eigenvalue weighted by molar-refractivity contribution is 6.34. The van der Waals surface area contributed by atoms with Crippen LogP contribution in [-0.4, -0.2) is 24.7 Å². The van der Waals surface area contributed by atoms with E-state index in [4.69, 9.17) is 27.9 Å². The number of rotatable bonds is 6. The summed E-state index contributed by atoms with van der Waals surface area (Å²) in [6, 6.07) is 16.1. The Morgan fingerprint density at radius 2 is 1.55 bits per heavy atom. The Kier molecular flexibility index (Phi) is 6.95. The molecule has 0 aliphatic rings. The molecular weight excluding hydrogens is 439 g/mol. The summed E-state index contributed by atoms with van der Waals surface area (Å²) < 4.78 is 5.29. The number of nitrogens with one attached hydrogen (secondary N) is 2.